The van der Waals surface area contributed by atoms with E-state index >= 15 is 0 Å². The Morgan fingerprint density at radius 3 is 2.31 bits per heavy atom. The Hall–Kier alpha value is -2.46. The number of alkyl carbamates (subject to hydrolysis) is 1. The van der Waals surface area contributed by atoms with Gasteiger partial charge in [-0.3, -0.25) is 0 Å². The van der Waals surface area contributed by atoms with E-state index in [4.69, 9.17) is 9.47 Å². The van der Waals surface area contributed by atoms with E-state index in [9.17, 15) is 30.0 Å². The summed E-state index contributed by atoms with van der Waals surface area (Å²) in [6.45, 7) is 6.72. The molecule has 1 aromatic rings. The smallest absolute Gasteiger partial charge is 0.408 e. The molecule has 1 amide bonds. The van der Waals surface area contributed by atoms with E-state index in [2.05, 4.69) is 5.32 Å². The molecule has 1 aliphatic heterocycles. The van der Waals surface area contributed by atoms with Crippen LogP contribution in [0.1, 0.15) is 45.2 Å². The first-order valence-electron chi connectivity index (χ1n) is 10.5. The van der Waals surface area contributed by atoms with Gasteiger partial charge < -0.3 is 35.2 Å². The van der Waals surface area contributed by atoms with Gasteiger partial charge in [0.1, 0.15) is 30.0 Å². The molecule has 3 unspecified atom stereocenters. The highest BCUT2D eigenvalue weighted by Gasteiger charge is 2.40. The molecule has 32 heavy (non-hydrogen) atoms. The van der Waals surface area contributed by atoms with Gasteiger partial charge in [-0.05, 0) is 45.2 Å². The molecule has 1 heterocycles. The molecule has 9 heteroatoms. The zero-order valence-corrected chi connectivity index (χ0v) is 18.8. The van der Waals surface area contributed by atoms with Crippen LogP contribution in [0.5, 0.6) is 0 Å². The molecular weight excluding hydrogens is 418 g/mol. The van der Waals surface area contributed by atoms with E-state index in [1.54, 1.807) is 58.0 Å². The summed E-state index contributed by atoms with van der Waals surface area (Å²) < 4.78 is 10.7. The van der Waals surface area contributed by atoms with Crippen molar-refractivity contribution in [3.05, 3.63) is 41.5 Å². The van der Waals surface area contributed by atoms with Crippen molar-refractivity contribution < 1.29 is 39.5 Å². The van der Waals surface area contributed by atoms with Gasteiger partial charge in [0.2, 0.25) is 0 Å². The number of hydrogen-bond acceptors (Lipinski definition) is 7. The van der Waals surface area contributed by atoms with E-state index in [0.29, 0.717) is 6.42 Å². The highest BCUT2D eigenvalue weighted by molar-refractivity contribution is 5.80. The first-order chi connectivity index (χ1) is 14.9. The van der Waals surface area contributed by atoms with Crippen molar-refractivity contribution in [1.82, 2.24) is 5.32 Å². The van der Waals surface area contributed by atoms with Gasteiger partial charge in [0, 0.05) is 6.42 Å². The predicted octanol–water partition coefficient (Wildman–Crippen LogP) is 1.48. The van der Waals surface area contributed by atoms with Crippen LogP contribution >= 0.6 is 0 Å². The van der Waals surface area contributed by atoms with Crippen molar-refractivity contribution in [3.8, 4) is 0 Å². The Balaban J connectivity index is 1.93. The van der Waals surface area contributed by atoms with Crippen LogP contribution in [0.25, 0.3) is 6.08 Å². The highest BCUT2D eigenvalue weighted by atomic mass is 16.6. The fourth-order valence-electron chi connectivity index (χ4n) is 3.32. The van der Waals surface area contributed by atoms with E-state index < -0.39 is 54.2 Å². The number of carbonyl (C=O) groups excluding carboxylic acids is 1. The molecule has 0 bridgehead atoms. The zero-order chi connectivity index (χ0) is 24.1. The molecule has 6 atom stereocenters. The Kier molecular flexibility index (Phi) is 8.80. The van der Waals surface area contributed by atoms with Crippen molar-refractivity contribution in [1.29, 1.82) is 0 Å². The average Bonchev–Trinajstić information content (AvgIpc) is 2.69. The third-order valence-electron chi connectivity index (χ3n) is 5.04. The van der Waals surface area contributed by atoms with Crippen LogP contribution in [0.2, 0.25) is 0 Å². The molecule has 9 nitrogen and oxygen atoms in total. The number of rotatable bonds is 7. The predicted molar refractivity (Wildman–Crippen MR) is 117 cm³/mol. The molecule has 178 valence electrons. The van der Waals surface area contributed by atoms with Crippen molar-refractivity contribution >= 4 is 18.1 Å². The maximum absolute atomic E-state index is 11.9. The van der Waals surface area contributed by atoms with Gasteiger partial charge in [-0.1, -0.05) is 36.4 Å². The Bertz CT molecular complexity index is 801. The summed E-state index contributed by atoms with van der Waals surface area (Å²) in [5.41, 5.74) is 0.845. The molecule has 1 aromatic carbocycles. The third kappa shape index (κ3) is 7.59. The minimum Gasteiger partial charge on any atom is -0.480 e. The zero-order valence-electron chi connectivity index (χ0n) is 18.8. The molecule has 2 rings (SSSR count). The van der Waals surface area contributed by atoms with Crippen LogP contribution in [0, 0.1) is 0 Å². The molecule has 0 aromatic heterocycles. The van der Waals surface area contributed by atoms with E-state index in [1.165, 1.54) is 0 Å². The summed E-state index contributed by atoms with van der Waals surface area (Å²) in [4.78, 5) is 23.4. The molecule has 0 spiro atoms. The van der Waals surface area contributed by atoms with Gasteiger partial charge in [0.05, 0.1) is 12.2 Å². The van der Waals surface area contributed by atoms with Crippen LogP contribution in [0.3, 0.4) is 0 Å². The van der Waals surface area contributed by atoms with Gasteiger partial charge in [0.25, 0.3) is 0 Å². The van der Waals surface area contributed by atoms with Crippen LogP contribution in [-0.2, 0) is 20.7 Å². The summed E-state index contributed by atoms with van der Waals surface area (Å²) in [6.07, 6.45) is -1.51. The monoisotopic (exact) mass is 451 g/mol. The van der Waals surface area contributed by atoms with Crippen LogP contribution in [-0.4, -0.2) is 74.7 Å². The molecule has 5 N–H and O–H groups in total. The lowest BCUT2D eigenvalue weighted by Gasteiger charge is -2.39. The average molecular weight is 452 g/mol. The van der Waals surface area contributed by atoms with E-state index in [-0.39, 0.29) is 6.42 Å². The fourth-order valence-corrected chi connectivity index (χ4v) is 3.32. The molecule has 1 saturated heterocycles. The maximum atomic E-state index is 11.9. The number of aliphatic carboxylic acids is 1. The number of aliphatic hydroxyl groups excluding tert-OH is 3. The number of aliphatic hydroxyl groups is 3. The number of hydrogen-bond donors (Lipinski definition) is 5. The summed E-state index contributed by atoms with van der Waals surface area (Å²) in [6, 6.07) is 6.01. The minimum absolute atomic E-state index is 0.0960. The number of ether oxygens (including phenoxy) is 2. The summed E-state index contributed by atoms with van der Waals surface area (Å²) in [5.74, 6) is -1.16. The third-order valence-corrected chi connectivity index (χ3v) is 5.04. The molecule has 1 aliphatic rings. The lowest BCUT2D eigenvalue weighted by Crippen LogP contribution is -2.56. The SMILES string of the molecule is CC1O[C@@H](C/C=C/c2ccc(CC(NC(=O)OC(C)(C)C)C(=O)O)cc2)C(O)[C@H](O)[C@H]1O. The topological polar surface area (TPSA) is 146 Å². The molecule has 0 aliphatic carbocycles. The minimum atomic E-state index is -1.26. The van der Waals surface area contributed by atoms with Gasteiger partial charge in [0.15, 0.2) is 0 Å². The van der Waals surface area contributed by atoms with E-state index in [0.717, 1.165) is 11.1 Å². The second-order valence-corrected chi connectivity index (χ2v) is 8.97. The number of benzene rings is 1. The van der Waals surface area contributed by atoms with Crippen LogP contribution in [0.4, 0.5) is 4.79 Å². The van der Waals surface area contributed by atoms with Crippen LogP contribution in [0.15, 0.2) is 30.3 Å². The van der Waals surface area contributed by atoms with Crippen molar-refractivity contribution in [2.75, 3.05) is 0 Å². The molecule has 0 radical (unpaired) electrons. The lowest BCUT2D eigenvalue weighted by molar-refractivity contribution is -0.215. The highest BCUT2D eigenvalue weighted by Crippen LogP contribution is 2.23. The number of carboxylic acids is 1. The second kappa shape index (κ2) is 10.9. The van der Waals surface area contributed by atoms with E-state index in [1.807, 2.05) is 6.08 Å². The quantitative estimate of drug-likeness (QED) is 0.419. The Labute approximate surface area is 187 Å². The second-order valence-electron chi connectivity index (χ2n) is 8.97. The standard InChI is InChI=1S/C23H33NO8/c1-13-18(25)20(27)19(26)17(31-13)7-5-6-14-8-10-15(11-9-14)12-16(21(28)29)24-22(30)32-23(2,3)4/h5-6,8-11,13,16-20,25-27H,7,12H2,1-4H3,(H,24,30)(H,28,29)/b6-5+/t13?,16?,17-,18-,19?,20+/m0/s1. The van der Waals surface area contributed by atoms with Gasteiger partial charge in [-0.2, -0.15) is 0 Å². The van der Waals surface area contributed by atoms with Gasteiger partial charge in [-0.25, -0.2) is 9.59 Å². The Morgan fingerprint density at radius 2 is 1.75 bits per heavy atom. The molecular formula is C23H33NO8. The Morgan fingerprint density at radius 1 is 1.12 bits per heavy atom. The van der Waals surface area contributed by atoms with Crippen molar-refractivity contribution in [2.24, 2.45) is 0 Å². The summed E-state index contributed by atoms with van der Waals surface area (Å²) >= 11 is 0. The number of carbonyl (C=O) groups is 2. The first-order valence-corrected chi connectivity index (χ1v) is 10.5. The fraction of sp³-hybridized carbons (Fsp3) is 0.565. The summed E-state index contributed by atoms with van der Waals surface area (Å²) in [5, 5.41) is 41.4. The first kappa shape index (κ1) is 25.8. The molecule has 1 fully saturated rings. The molecule has 0 saturated carbocycles. The number of carboxylic acid groups (broad SMARTS) is 1. The van der Waals surface area contributed by atoms with Crippen molar-refractivity contribution in [2.45, 2.75) is 82.7 Å². The maximum Gasteiger partial charge on any atom is 0.408 e. The number of amides is 1. The lowest BCUT2D eigenvalue weighted by atomic mass is 9.94. The van der Waals surface area contributed by atoms with Crippen LogP contribution < -0.4 is 5.32 Å². The van der Waals surface area contributed by atoms with Gasteiger partial charge in [-0.15, -0.1) is 0 Å². The van der Waals surface area contributed by atoms with Crippen molar-refractivity contribution in [3.63, 3.8) is 0 Å². The van der Waals surface area contributed by atoms with Gasteiger partial charge >= 0.3 is 12.1 Å². The number of nitrogens with one attached hydrogen (secondary N) is 1. The summed E-state index contributed by atoms with van der Waals surface area (Å²) in [7, 11) is 0. The largest absolute Gasteiger partial charge is 0.480 e. The normalized spacial score (nSPS) is 27.2.